The Labute approximate surface area is 179 Å². The monoisotopic (exact) mass is 398 g/mol. The van der Waals surface area contributed by atoms with Crippen LogP contribution in [0.5, 0.6) is 0 Å². The largest absolute Gasteiger partial charge is 0.299 e. The molecule has 30 heavy (non-hydrogen) atoms. The highest BCUT2D eigenvalue weighted by Crippen LogP contribution is 2.43. The Morgan fingerprint density at radius 1 is 0.867 bits per heavy atom. The number of hydrogen-bond acceptors (Lipinski definition) is 2. The van der Waals surface area contributed by atoms with Gasteiger partial charge in [0.05, 0.1) is 0 Å². The molecule has 4 rings (SSSR count). The van der Waals surface area contributed by atoms with E-state index in [1.54, 1.807) is 0 Å². The summed E-state index contributed by atoms with van der Waals surface area (Å²) in [6.07, 6.45) is 5.36. The van der Waals surface area contributed by atoms with Crippen molar-refractivity contribution in [3.63, 3.8) is 0 Å². The highest BCUT2D eigenvalue weighted by Gasteiger charge is 2.35. The highest BCUT2D eigenvalue weighted by atomic mass is 16.2. The molecular formula is C28H30O2. The van der Waals surface area contributed by atoms with Crippen LogP contribution in [0.2, 0.25) is 0 Å². The van der Waals surface area contributed by atoms with E-state index < -0.39 is 5.92 Å². The molecule has 1 fully saturated rings. The molecule has 0 amide bonds. The van der Waals surface area contributed by atoms with Crippen LogP contribution in [0, 0.1) is 6.92 Å². The molecule has 2 aliphatic carbocycles. The summed E-state index contributed by atoms with van der Waals surface area (Å²) in [5.41, 5.74) is 7.84. The van der Waals surface area contributed by atoms with E-state index in [-0.39, 0.29) is 22.4 Å². The molecule has 0 aliphatic heterocycles. The minimum Gasteiger partial charge on any atom is -0.299 e. The Kier molecular flexibility index (Phi) is 4.73. The van der Waals surface area contributed by atoms with Gasteiger partial charge in [0.2, 0.25) is 0 Å². The number of benzene rings is 2. The van der Waals surface area contributed by atoms with Gasteiger partial charge in [-0.3, -0.25) is 9.59 Å². The van der Waals surface area contributed by atoms with Gasteiger partial charge in [0.1, 0.15) is 17.5 Å². The predicted molar refractivity (Wildman–Crippen MR) is 123 cm³/mol. The Morgan fingerprint density at radius 2 is 1.37 bits per heavy atom. The summed E-state index contributed by atoms with van der Waals surface area (Å²) in [5.74, 6) is -0.502. The number of carbonyl (C=O) groups excluding carboxylic acids is 2. The zero-order valence-electron chi connectivity index (χ0n) is 18.6. The van der Waals surface area contributed by atoms with Crippen LogP contribution in [0.25, 0.3) is 5.57 Å². The summed E-state index contributed by atoms with van der Waals surface area (Å²) in [7, 11) is 0. The first-order valence-electron chi connectivity index (χ1n) is 10.7. The normalized spacial score (nSPS) is 19.8. The first-order chi connectivity index (χ1) is 14.0. The lowest BCUT2D eigenvalue weighted by atomic mass is 9.67. The molecule has 0 N–H and O–H groups in total. The number of Topliss-reactive ketones (excluding diaryl/α,β-unsaturated/α-hetero) is 2. The van der Waals surface area contributed by atoms with Crippen molar-refractivity contribution in [1.82, 2.24) is 0 Å². The van der Waals surface area contributed by atoms with Crippen LogP contribution in [0.4, 0.5) is 0 Å². The van der Waals surface area contributed by atoms with Gasteiger partial charge in [0.15, 0.2) is 0 Å². The lowest BCUT2D eigenvalue weighted by molar-refractivity contribution is -0.123. The SMILES string of the molecule is C=C(c1ccc(C2C(=O)CCC2=O)cc1)c1cc2c(cc1C)C(C)(C)C=CC2(C)C. The van der Waals surface area contributed by atoms with Crippen molar-refractivity contribution in [3.05, 3.63) is 88.5 Å². The Hall–Kier alpha value is -2.74. The molecule has 2 aromatic carbocycles. The van der Waals surface area contributed by atoms with Crippen molar-refractivity contribution in [2.45, 2.75) is 64.2 Å². The molecule has 0 spiro atoms. The van der Waals surface area contributed by atoms with Gasteiger partial charge < -0.3 is 0 Å². The van der Waals surface area contributed by atoms with Gasteiger partial charge in [-0.2, -0.15) is 0 Å². The van der Waals surface area contributed by atoms with Crippen LogP contribution in [0.1, 0.15) is 79.8 Å². The lowest BCUT2D eigenvalue weighted by Crippen LogP contribution is -2.29. The number of rotatable bonds is 3. The number of fused-ring (bicyclic) bond motifs is 1. The van der Waals surface area contributed by atoms with Crippen molar-refractivity contribution in [2.75, 3.05) is 0 Å². The third-order valence-corrected chi connectivity index (χ3v) is 6.85. The Bertz CT molecular complexity index is 1080. The average molecular weight is 399 g/mol. The molecule has 0 saturated heterocycles. The molecule has 2 aliphatic rings. The number of carbonyl (C=O) groups is 2. The first-order valence-corrected chi connectivity index (χ1v) is 10.7. The van der Waals surface area contributed by atoms with E-state index >= 15 is 0 Å². The molecule has 0 heterocycles. The van der Waals surface area contributed by atoms with E-state index in [1.807, 2.05) is 24.3 Å². The van der Waals surface area contributed by atoms with Crippen LogP contribution >= 0.6 is 0 Å². The average Bonchev–Trinajstić information content (AvgIpc) is 3.03. The molecular weight excluding hydrogens is 368 g/mol. The number of aryl methyl sites for hydroxylation is 1. The van der Waals surface area contributed by atoms with Gasteiger partial charge in [0.25, 0.3) is 0 Å². The van der Waals surface area contributed by atoms with Crippen molar-refractivity contribution >= 4 is 17.1 Å². The third kappa shape index (κ3) is 3.29. The zero-order valence-corrected chi connectivity index (χ0v) is 18.6. The van der Waals surface area contributed by atoms with Crippen LogP contribution in [-0.4, -0.2) is 11.6 Å². The second-order valence-corrected chi connectivity index (χ2v) is 9.96. The van der Waals surface area contributed by atoms with Crippen molar-refractivity contribution in [1.29, 1.82) is 0 Å². The highest BCUT2D eigenvalue weighted by molar-refractivity contribution is 6.13. The number of allylic oxidation sites excluding steroid dienone is 2. The molecule has 0 bridgehead atoms. The maximum Gasteiger partial charge on any atom is 0.148 e. The molecule has 0 radical (unpaired) electrons. The number of hydrogen-bond donors (Lipinski definition) is 0. The van der Waals surface area contributed by atoms with E-state index in [4.69, 9.17) is 0 Å². The lowest BCUT2D eigenvalue weighted by Gasteiger charge is -2.37. The minimum absolute atomic E-state index is 0.0114. The van der Waals surface area contributed by atoms with Crippen molar-refractivity contribution in [3.8, 4) is 0 Å². The third-order valence-electron chi connectivity index (χ3n) is 6.85. The van der Waals surface area contributed by atoms with Crippen molar-refractivity contribution in [2.24, 2.45) is 0 Å². The van der Waals surface area contributed by atoms with E-state index in [0.29, 0.717) is 12.8 Å². The Balaban J connectivity index is 1.71. The fourth-order valence-electron chi connectivity index (χ4n) is 4.81. The maximum atomic E-state index is 12.1. The summed E-state index contributed by atoms with van der Waals surface area (Å²) in [5, 5.41) is 0. The quantitative estimate of drug-likeness (QED) is 0.456. The number of ketones is 2. The van der Waals surface area contributed by atoms with Gasteiger partial charge in [-0.25, -0.2) is 0 Å². The van der Waals surface area contributed by atoms with Crippen LogP contribution in [0.15, 0.2) is 55.1 Å². The van der Waals surface area contributed by atoms with Crippen LogP contribution in [0.3, 0.4) is 0 Å². The summed E-state index contributed by atoms with van der Waals surface area (Å²) in [4.78, 5) is 24.2. The molecule has 0 aromatic heterocycles. The fourth-order valence-corrected chi connectivity index (χ4v) is 4.81. The molecule has 2 heteroatoms. The van der Waals surface area contributed by atoms with Crippen LogP contribution < -0.4 is 0 Å². The molecule has 154 valence electrons. The molecule has 1 saturated carbocycles. The first kappa shape index (κ1) is 20.5. The van der Waals surface area contributed by atoms with E-state index in [9.17, 15) is 9.59 Å². The smallest absolute Gasteiger partial charge is 0.148 e. The fraction of sp³-hybridized carbons (Fsp3) is 0.357. The van der Waals surface area contributed by atoms with Gasteiger partial charge in [-0.05, 0) is 51.9 Å². The molecule has 0 atom stereocenters. The van der Waals surface area contributed by atoms with E-state index in [2.05, 4.69) is 65.5 Å². The second-order valence-electron chi connectivity index (χ2n) is 9.96. The molecule has 2 nitrogen and oxygen atoms in total. The second kappa shape index (κ2) is 6.91. The van der Waals surface area contributed by atoms with E-state index in [1.165, 1.54) is 16.7 Å². The molecule has 0 unspecified atom stereocenters. The van der Waals surface area contributed by atoms with Gasteiger partial charge in [-0.15, -0.1) is 0 Å². The summed E-state index contributed by atoms with van der Waals surface area (Å²) in [6.45, 7) is 15.6. The van der Waals surface area contributed by atoms with Gasteiger partial charge >= 0.3 is 0 Å². The van der Waals surface area contributed by atoms with Gasteiger partial charge in [0, 0.05) is 23.7 Å². The summed E-state index contributed by atoms with van der Waals surface area (Å²) in [6, 6.07) is 12.4. The standard InChI is InChI=1S/C28H30O2/c1-17-15-22-23(28(5,6)14-13-27(22,3)4)16-21(17)18(2)19-7-9-20(10-8-19)26-24(29)11-12-25(26)30/h7-10,13-16,26H,2,11-12H2,1,3-6H3. The van der Waals surface area contributed by atoms with Gasteiger partial charge in [-0.1, -0.05) is 76.8 Å². The van der Waals surface area contributed by atoms with Crippen LogP contribution in [-0.2, 0) is 20.4 Å². The maximum absolute atomic E-state index is 12.1. The predicted octanol–water partition coefficient (Wildman–Crippen LogP) is 6.20. The topological polar surface area (TPSA) is 34.1 Å². The zero-order chi connectivity index (χ0) is 21.8. The Morgan fingerprint density at radius 3 is 1.90 bits per heavy atom. The van der Waals surface area contributed by atoms with Crippen molar-refractivity contribution < 1.29 is 9.59 Å². The van der Waals surface area contributed by atoms with E-state index in [0.717, 1.165) is 22.3 Å². The summed E-state index contributed by atoms with van der Waals surface area (Å²) >= 11 is 0. The molecule has 2 aromatic rings. The summed E-state index contributed by atoms with van der Waals surface area (Å²) < 4.78 is 0. The minimum atomic E-state index is -0.576.